The third-order valence-corrected chi connectivity index (χ3v) is 23.9. The van der Waals surface area contributed by atoms with Crippen LogP contribution in [-0.2, 0) is 10.8 Å². The Hall–Kier alpha value is -13.8. The predicted molar refractivity (Wildman–Crippen MR) is 464 cm³/mol. The summed E-state index contributed by atoms with van der Waals surface area (Å²) in [5.74, 6) is 0. The van der Waals surface area contributed by atoms with Gasteiger partial charge >= 0.3 is 0 Å². The average Bonchev–Trinajstić information content (AvgIpc) is 1.58. The highest BCUT2D eigenvalue weighted by Gasteiger charge is 2.38. The van der Waals surface area contributed by atoms with Crippen LogP contribution in [0.25, 0.3) is 144 Å². The Morgan fingerprint density at radius 1 is 0.200 bits per heavy atom. The van der Waals surface area contributed by atoms with Crippen LogP contribution in [0.15, 0.2) is 388 Å². The molecule has 0 radical (unpaired) electrons. The second-order valence-electron chi connectivity index (χ2n) is 30.8. The Morgan fingerprint density at radius 3 is 1.22 bits per heavy atom. The van der Waals surface area contributed by atoms with E-state index in [9.17, 15) is 0 Å². The van der Waals surface area contributed by atoms with Gasteiger partial charge in [0.1, 0.15) is 0 Å². The van der Waals surface area contributed by atoms with Crippen LogP contribution in [0.4, 0.5) is 34.1 Å². The summed E-state index contributed by atoms with van der Waals surface area (Å²) in [5.41, 5.74) is 35.8. The summed E-state index contributed by atoms with van der Waals surface area (Å²) in [6.07, 6.45) is 0. The number of hydrogen-bond donors (Lipinski definition) is 0. The van der Waals surface area contributed by atoms with E-state index in [-0.39, 0.29) is 10.8 Å². The molecule has 2 heterocycles. The molecule has 0 saturated carbocycles. The van der Waals surface area contributed by atoms with Crippen molar-refractivity contribution in [3.63, 3.8) is 0 Å². The molecule has 4 nitrogen and oxygen atoms in total. The van der Waals surface area contributed by atoms with E-state index in [1.54, 1.807) is 0 Å². The molecule has 19 aromatic rings. The molecule has 2 aliphatic carbocycles. The summed E-state index contributed by atoms with van der Waals surface area (Å²) in [4.78, 5) is 4.85. The SMILES string of the molecule is CC1(C)c2ccc(-c3ccc4c5cc(-c6cccc(-c7ccc(N(c8ccc9c(c8)C(C)(C)c8ccccc8-9)c8cccc9ccccc89)cc7)c6)ccc5n(-c5ccccc5)c4c3)cc2-c2ccc(N(c3ccccc3)c3ccc(-c4cccc(-c5ccc6c(c5)c5ccccc5n6-c5ccccc5)c4)cc3)cc21. The summed E-state index contributed by atoms with van der Waals surface area (Å²) < 4.78 is 4.83. The van der Waals surface area contributed by atoms with E-state index < -0.39 is 0 Å². The van der Waals surface area contributed by atoms with Crippen molar-refractivity contribution in [2.75, 3.05) is 9.80 Å². The second-order valence-corrected chi connectivity index (χ2v) is 30.8. The fourth-order valence-electron chi connectivity index (χ4n) is 18.4. The number of aromatic nitrogens is 2. The van der Waals surface area contributed by atoms with E-state index in [4.69, 9.17) is 0 Å². The minimum atomic E-state index is -0.248. The first-order valence-corrected chi connectivity index (χ1v) is 38.4. The fraction of sp³-hybridized carbons (Fsp3) is 0.0566. The molecule has 4 heteroatoms. The fourth-order valence-corrected chi connectivity index (χ4v) is 18.4. The lowest BCUT2D eigenvalue weighted by Crippen LogP contribution is -2.16. The zero-order valence-corrected chi connectivity index (χ0v) is 61.7. The Labute approximate surface area is 641 Å². The molecule has 110 heavy (non-hydrogen) atoms. The van der Waals surface area contributed by atoms with Gasteiger partial charge in [0.25, 0.3) is 0 Å². The summed E-state index contributed by atoms with van der Waals surface area (Å²) in [6, 6.07) is 144. The number of para-hydroxylation sites is 4. The molecule has 0 saturated heterocycles. The van der Waals surface area contributed by atoms with Crippen molar-refractivity contribution >= 4 is 88.5 Å². The van der Waals surface area contributed by atoms with Gasteiger partial charge in [-0.2, -0.15) is 0 Å². The maximum atomic E-state index is 2.45. The van der Waals surface area contributed by atoms with E-state index in [2.05, 4.69) is 435 Å². The monoisotopic (exact) mass is 1400 g/mol. The molecule has 0 unspecified atom stereocenters. The molecule has 0 aliphatic heterocycles. The van der Waals surface area contributed by atoms with Crippen LogP contribution in [0.3, 0.4) is 0 Å². The van der Waals surface area contributed by atoms with Crippen LogP contribution >= 0.6 is 0 Å². The number of fused-ring (bicyclic) bond motifs is 13. The van der Waals surface area contributed by atoms with Gasteiger partial charge < -0.3 is 18.9 Å². The lowest BCUT2D eigenvalue weighted by Gasteiger charge is -2.29. The molecule has 0 N–H and O–H groups in total. The normalized spacial score (nSPS) is 13.1. The smallest absolute Gasteiger partial charge is 0.0547 e. The minimum Gasteiger partial charge on any atom is -0.310 e. The standard InChI is InChI=1S/C106H76N4/c1-105(2)96-38-18-16-36-88(96)89-56-54-86(68-98(89)105)108(100-40-22-24-71-23-14-15-35-87(71)100)84-51-43-70(44-52-84)73-26-21-28-75(62-73)78-48-60-103-95(65-78)92-55-45-79(66-104(92)110(103)82-33-12-7-13-34-82)76-46-58-97-93(63-76)90-57-53-85(67-99(90)106(97,3)4)107(80-29-8-5-9-30-80)83-49-41-69(42-50-83)72-25-20-27-74(61-72)77-47-59-102-94(64-77)91-37-17-19-39-101(91)109(102)81-31-10-6-11-32-81/h5-68H,1-4H3. The van der Waals surface area contributed by atoms with Crippen LogP contribution in [0.5, 0.6) is 0 Å². The maximum absolute atomic E-state index is 2.45. The number of nitrogens with zero attached hydrogens (tertiary/aromatic N) is 4. The third kappa shape index (κ3) is 10.5. The molecule has 17 aromatic carbocycles. The molecule has 0 bridgehead atoms. The summed E-state index contributed by atoms with van der Waals surface area (Å²) in [7, 11) is 0. The van der Waals surface area contributed by atoms with E-state index in [1.807, 2.05) is 0 Å². The van der Waals surface area contributed by atoms with Gasteiger partial charge in [-0.15, -0.1) is 0 Å². The lowest BCUT2D eigenvalue weighted by atomic mass is 9.82. The number of anilines is 6. The van der Waals surface area contributed by atoms with Crippen molar-refractivity contribution in [2.45, 2.75) is 38.5 Å². The molecule has 0 spiro atoms. The average molecular weight is 1410 g/mol. The Kier molecular flexibility index (Phi) is 14.9. The number of rotatable bonds is 13. The summed E-state index contributed by atoms with van der Waals surface area (Å²) in [5, 5.41) is 7.36. The molecule has 0 fully saturated rings. The molecule has 0 atom stereocenters. The van der Waals surface area contributed by atoms with Gasteiger partial charge in [0.15, 0.2) is 0 Å². The zero-order valence-electron chi connectivity index (χ0n) is 61.7. The van der Waals surface area contributed by atoms with E-state index in [0.29, 0.717) is 0 Å². The van der Waals surface area contributed by atoms with Gasteiger partial charge in [0.2, 0.25) is 0 Å². The Balaban J connectivity index is 0.583. The zero-order chi connectivity index (χ0) is 73.3. The van der Waals surface area contributed by atoms with Gasteiger partial charge in [0.05, 0.1) is 27.8 Å². The van der Waals surface area contributed by atoms with Crippen molar-refractivity contribution < 1.29 is 0 Å². The van der Waals surface area contributed by atoms with Gasteiger partial charge in [-0.3, -0.25) is 0 Å². The van der Waals surface area contributed by atoms with E-state index >= 15 is 0 Å². The highest BCUT2D eigenvalue weighted by Crippen LogP contribution is 2.54. The largest absolute Gasteiger partial charge is 0.310 e. The van der Waals surface area contributed by atoms with Gasteiger partial charge in [-0.25, -0.2) is 0 Å². The summed E-state index contributed by atoms with van der Waals surface area (Å²) >= 11 is 0. The molecule has 21 rings (SSSR count). The van der Waals surface area contributed by atoms with Gasteiger partial charge in [0, 0.05) is 77.6 Å². The second kappa shape index (κ2) is 25.4. The maximum Gasteiger partial charge on any atom is 0.0547 e. The first-order valence-electron chi connectivity index (χ1n) is 38.4. The van der Waals surface area contributed by atoms with Crippen molar-refractivity contribution in [2.24, 2.45) is 0 Å². The first-order chi connectivity index (χ1) is 54.0. The van der Waals surface area contributed by atoms with E-state index in [0.717, 1.165) is 45.5 Å². The quantitative estimate of drug-likeness (QED) is 0.114. The molecule has 2 aromatic heterocycles. The molecule has 2 aliphatic rings. The molecular weight excluding hydrogens is 1330 g/mol. The van der Waals surface area contributed by atoms with Gasteiger partial charge in [-0.1, -0.05) is 270 Å². The summed E-state index contributed by atoms with van der Waals surface area (Å²) in [6.45, 7) is 9.51. The topological polar surface area (TPSA) is 16.3 Å². The van der Waals surface area contributed by atoms with Crippen LogP contribution in [-0.4, -0.2) is 9.13 Å². The van der Waals surface area contributed by atoms with Crippen molar-refractivity contribution in [1.82, 2.24) is 9.13 Å². The minimum absolute atomic E-state index is 0.129. The third-order valence-electron chi connectivity index (χ3n) is 23.9. The highest BCUT2D eigenvalue weighted by molar-refractivity contribution is 6.13. The number of hydrogen-bond acceptors (Lipinski definition) is 2. The van der Waals surface area contributed by atoms with Crippen LogP contribution < -0.4 is 9.80 Å². The van der Waals surface area contributed by atoms with Crippen molar-refractivity contribution in [3.05, 3.63) is 411 Å². The van der Waals surface area contributed by atoms with Crippen LogP contribution in [0, 0.1) is 0 Å². The molecule has 520 valence electrons. The Bertz CT molecular complexity index is 6870. The molecule has 0 amide bonds. The van der Waals surface area contributed by atoms with E-state index in [1.165, 1.54) is 155 Å². The van der Waals surface area contributed by atoms with Gasteiger partial charge in [-0.05, 0) is 251 Å². The predicted octanol–water partition coefficient (Wildman–Crippen LogP) is 28.9. The Morgan fingerprint density at radius 2 is 0.591 bits per heavy atom. The lowest BCUT2D eigenvalue weighted by molar-refractivity contribution is 0.660. The molecular formula is C106H76N4. The van der Waals surface area contributed by atoms with Crippen LogP contribution in [0.2, 0.25) is 0 Å². The highest BCUT2D eigenvalue weighted by atomic mass is 15.1. The van der Waals surface area contributed by atoms with Crippen LogP contribution in [0.1, 0.15) is 49.9 Å². The van der Waals surface area contributed by atoms with Crippen molar-refractivity contribution in [3.8, 4) is 89.3 Å². The number of benzene rings is 17. The first kappa shape index (κ1) is 64.6. The van der Waals surface area contributed by atoms with Crippen molar-refractivity contribution in [1.29, 1.82) is 0 Å².